The number of aromatic nitrogens is 2. The minimum absolute atomic E-state index is 0.116. The van der Waals surface area contributed by atoms with Gasteiger partial charge < -0.3 is 9.84 Å². The lowest BCUT2D eigenvalue weighted by Gasteiger charge is -2.15. The van der Waals surface area contributed by atoms with Gasteiger partial charge in [0.1, 0.15) is 6.23 Å². The van der Waals surface area contributed by atoms with Gasteiger partial charge in [-0.25, -0.2) is 9.18 Å². The van der Waals surface area contributed by atoms with Crippen molar-refractivity contribution in [1.82, 2.24) is 9.55 Å². The van der Waals surface area contributed by atoms with Crippen LogP contribution in [0.2, 0.25) is 0 Å². The summed E-state index contributed by atoms with van der Waals surface area (Å²) in [5.41, 5.74) is -2.60. The number of aliphatic hydroxyl groups excluding tert-OH is 1. The van der Waals surface area contributed by atoms with E-state index in [1.165, 1.54) is 6.20 Å². The fourth-order valence-electron chi connectivity index (χ4n) is 1.77. The van der Waals surface area contributed by atoms with E-state index in [1.807, 2.05) is 0 Å². The van der Waals surface area contributed by atoms with Crippen molar-refractivity contribution >= 4 is 0 Å². The molecule has 1 fully saturated rings. The molecule has 7 heteroatoms. The molecule has 0 unspecified atom stereocenters. The van der Waals surface area contributed by atoms with E-state index in [0.717, 1.165) is 4.57 Å². The zero-order valence-electron chi connectivity index (χ0n) is 9.27. The Morgan fingerprint density at radius 3 is 3.00 bits per heavy atom. The summed E-state index contributed by atoms with van der Waals surface area (Å²) in [5, 5.41) is 8.86. The van der Waals surface area contributed by atoms with Crippen LogP contribution in [0.15, 0.2) is 15.8 Å². The summed E-state index contributed by atoms with van der Waals surface area (Å²) < 4.78 is 20.0. The second kappa shape index (κ2) is 4.08. The van der Waals surface area contributed by atoms with Gasteiger partial charge in [0.2, 0.25) is 0 Å². The Bertz CT molecular complexity index is 538. The van der Waals surface area contributed by atoms with Crippen LogP contribution in [-0.4, -0.2) is 33.5 Å². The number of hydrogen-bond donors (Lipinski definition) is 2. The molecule has 1 aromatic rings. The molecule has 0 radical (unpaired) electrons. The van der Waals surface area contributed by atoms with Gasteiger partial charge in [0.25, 0.3) is 5.56 Å². The summed E-state index contributed by atoms with van der Waals surface area (Å²) in [6.07, 6.45) is 0.416. The van der Waals surface area contributed by atoms with Crippen LogP contribution in [0.5, 0.6) is 0 Å². The van der Waals surface area contributed by atoms with Gasteiger partial charge in [-0.05, 0) is 6.92 Å². The van der Waals surface area contributed by atoms with Crippen molar-refractivity contribution in [2.45, 2.75) is 25.2 Å². The molecule has 1 aliphatic heterocycles. The number of ether oxygens (including phenoxy) is 1. The maximum absolute atomic E-state index is 13.7. The second-order valence-electron chi connectivity index (χ2n) is 4.26. The maximum atomic E-state index is 13.7. The van der Waals surface area contributed by atoms with Crippen molar-refractivity contribution in [3.8, 4) is 0 Å². The van der Waals surface area contributed by atoms with Crippen molar-refractivity contribution in [3.05, 3.63) is 32.6 Å². The van der Waals surface area contributed by atoms with Crippen LogP contribution in [-0.2, 0) is 4.74 Å². The lowest BCUT2D eigenvalue weighted by molar-refractivity contribution is 0.0272. The zero-order valence-corrected chi connectivity index (χ0v) is 9.27. The molecular weight excluding hydrogens is 231 g/mol. The van der Waals surface area contributed by atoms with Gasteiger partial charge in [0.05, 0.1) is 13.2 Å². The molecule has 0 spiro atoms. The minimum atomic E-state index is -1.83. The Morgan fingerprint density at radius 2 is 2.41 bits per heavy atom. The summed E-state index contributed by atoms with van der Waals surface area (Å²) in [4.78, 5) is 24.8. The van der Waals surface area contributed by atoms with E-state index in [1.54, 1.807) is 6.92 Å². The number of rotatable bonds is 2. The molecule has 0 aromatic carbocycles. The summed E-state index contributed by atoms with van der Waals surface area (Å²) in [5.74, 6) is 0. The Kier molecular flexibility index (Phi) is 2.88. The lowest BCUT2D eigenvalue weighted by Crippen LogP contribution is -2.34. The molecule has 0 aliphatic carbocycles. The standard InChI is InChI=1S/C10H13FN2O4/c1-6-3-13(9(16)12-8(6)15)7-2-10(11,4-14)5-17-7/h3,7,14H,2,4-5H2,1H3,(H,12,15,16)/t7-,10-/m1/s1. The topological polar surface area (TPSA) is 84.3 Å². The average molecular weight is 244 g/mol. The van der Waals surface area contributed by atoms with E-state index in [0.29, 0.717) is 5.56 Å². The Labute approximate surface area is 95.7 Å². The number of aryl methyl sites for hydroxylation is 1. The number of alkyl halides is 1. The average Bonchev–Trinajstić information content (AvgIpc) is 2.67. The highest BCUT2D eigenvalue weighted by Crippen LogP contribution is 2.32. The predicted octanol–water partition coefficient (Wildman–Crippen LogP) is -0.535. The van der Waals surface area contributed by atoms with Crippen LogP contribution >= 0.6 is 0 Å². The van der Waals surface area contributed by atoms with Gasteiger partial charge >= 0.3 is 5.69 Å². The van der Waals surface area contributed by atoms with Crippen molar-refractivity contribution in [2.24, 2.45) is 0 Å². The van der Waals surface area contributed by atoms with Crippen molar-refractivity contribution in [3.63, 3.8) is 0 Å². The molecule has 2 atom stereocenters. The largest absolute Gasteiger partial charge is 0.393 e. The van der Waals surface area contributed by atoms with E-state index in [-0.39, 0.29) is 13.0 Å². The first kappa shape index (κ1) is 12.0. The third kappa shape index (κ3) is 2.16. The van der Waals surface area contributed by atoms with Crippen molar-refractivity contribution < 1.29 is 14.2 Å². The molecule has 94 valence electrons. The number of hydrogen-bond acceptors (Lipinski definition) is 4. The summed E-state index contributed by atoms with van der Waals surface area (Å²) in [6, 6.07) is 0. The van der Waals surface area contributed by atoms with Gasteiger partial charge in [-0.1, -0.05) is 0 Å². The molecule has 17 heavy (non-hydrogen) atoms. The molecular formula is C10H13FN2O4. The normalized spacial score (nSPS) is 28.5. The van der Waals surface area contributed by atoms with Crippen molar-refractivity contribution in [1.29, 1.82) is 0 Å². The molecule has 1 saturated heterocycles. The first-order valence-corrected chi connectivity index (χ1v) is 5.19. The SMILES string of the molecule is Cc1cn([C@H]2C[C@@](F)(CO)CO2)c(=O)[nH]c1=O. The third-order valence-corrected chi connectivity index (χ3v) is 2.81. The highest BCUT2D eigenvalue weighted by atomic mass is 19.1. The maximum Gasteiger partial charge on any atom is 0.330 e. The van der Waals surface area contributed by atoms with Gasteiger partial charge in [-0.2, -0.15) is 0 Å². The molecule has 2 rings (SSSR count). The highest BCUT2D eigenvalue weighted by molar-refractivity contribution is 5.02. The van der Waals surface area contributed by atoms with E-state index in [2.05, 4.69) is 4.98 Å². The smallest absolute Gasteiger partial charge is 0.330 e. The number of aliphatic hydroxyl groups is 1. The Balaban J connectivity index is 2.34. The molecule has 2 N–H and O–H groups in total. The van der Waals surface area contributed by atoms with Gasteiger partial charge in [0.15, 0.2) is 5.67 Å². The number of nitrogens with one attached hydrogen (secondary N) is 1. The first-order chi connectivity index (χ1) is 7.95. The third-order valence-electron chi connectivity index (χ3n) is 2.81. The molecule has 2 heterocycles. The second-order valence-corrected chi connectivity index (χ2v) is 4.26. The van der Waals surface area contributed by atoms with Crippen LogP contribution < -0.4 is 11.2 Å². The van der Waals surface area contributed by atoms with Crippen LogP contribution in [0.1, 0.15) is 18.2 Å². The quantitative estimate of drug-likeness (QED) is 0.732. The van der Waals surface area contributed by atoms with Crippen LogP contribution in [0.4, 0.5) is 4.39 Å². The molecule has 0 bridgehead atoms. The highest BCUT2D eigenvalue weighted by Gasteiger charge is 2.41. The van der Waals surface area contributed by atoms with Gasteiger partial charge in [0, 0.05) is 18.2 Å². The van der Waals surface area contributed by atoms with Gasteiger partial charge in [-0.15, -0.1) is 0 Å². The number of H-pyrrole nitrogens is 1. The molecule has 1 aliphatic rings. The summed E-state index contributed by atoms with van der Waals surface area (Å²) >= 11 is 0. The number of nitrogens with zero attached hydrogens (tertiary/aromatic N) is 1. The van der Waals surface area contributed by atoms with Gasteiger partial charge in [-0.3, -0.25) is 14.3 Å². The molecule has 0 saturated carbocycles. The molecule has 0 amide bonds. The monoisotopic (exact) mass is 244 g/mol. The molecule has 1 aromatic heterocycles. The Hall–Kier alpha value is -1.47. The first-order valence-electron chi connectivity index (χ1n) is 5.19. The summed E-state index contributed by atoms with van der Waals surface area (Å²) in [7, 11) is 0. The fraction of sp³-hybridized carbons (Fsp3) is 0.600. The van der Waals surface area contributed by atoms with Crippen LogP contribution in [0, 0.1) is 6.92 Å². The van der Waals surface area contributed by atoms with E-state index in [4.69, 9.17) is 9.84 Å². The van der Waals surface area contributed by atoms with E-state index < -0.39 is 29.8 Å². The lowest BCUT2D eigenvalue weighted by atomic mass is 10.1. The van der Waals surface area contributed by atoms with Crippen LogP contribution in [0.25, 0.3) is 0 Å². The predicted molar refractivity (Wildman–Crippen MR) is 56.6 cm³/mol. The van der Waals surface area contributed by atoms with E-state index in [9.17, 15) is 14.0 Å². The minimum Gasteiger partial charge on any atom is -0.393 e. The summed E-state index contributed by atoms with van der Waals surface area (Å²) in [6.45, 7) is 0.623. The number of halogens is 1. The Morgan fingerprint density at radius 1 is 1.71 bits per heavy atom. The fourth-order valence-corrected chi connectivity index (χ4v) is 1.77. The van der Waals surface area contributed by atoms with Crippen LogP contribution in [0.3, 0.4) is 0 Å². The zero-order chi connectivity index (χ0) is 12.6. The number of aromatic amines is 1. The van der Waals surface area contributed by atoms with Crippen molar-refractivity contribution in [2.75, 3.05) is 13.2 Å². The van der Waals surface area contributed by atoms with E-state index >= 15 is 0 Å². The molecule has 6 nitrogen and oxygen atoms in total.